The minimum absolute atomic E-state index is 0.000294. The van der Waals surface area contributed by atoms with Gasteiger partial charge in [0, 0.05) is 25.4 Å². The molecule has 0 aliphatic carbocycles. The van der Waals surface area contributed by atoms with E-state index in [0.717, 1.165) is 23.9 Å². The fourth-order valence-electron chi connectivity index (χ4n) is 2.83. The van der Waals surface area contributed by atoms with E-state index in [1.54, 1.807) is 6.92 Å². The van der Waals surface area contributed by atoms with Crippen molar-refractivity contribution in [2.45, 2.75) is 38.2 Å². The van der Waals surface area contributed by atoms with Crippen LogP contribution < -0.4 is 10.6 Å². The van der Waals surface area contributed by atoms with Crippen molar-refractivity contribution in [3.63, 3.8) is 0 Å². The SMILES string of the molecule is CC(NC(=O)c1ncnc(C#CCCCO)c1Cl)c1ncc(C(O)Nc2cc(C(F)(F)F)c(Cl)cn2)s1. The quantitative estimate of drug-likeness (QED) is 0.177. The highest BCUT2D eigenvalue weighted by Gasteiger charge is 2.34. The number of nitrogens with one attached hydrogen (secondary N) is 2. The van der Waals surface area contributed by atoms with Crippen molar-refractivity contribution >= 4 is 46.3 Å². The van der Waals surface area contributed by atoms with Gasteiger partial charge in [-0.15, -0.1) is 11.3 Å². The third-order valence-electron chi connectivity index (χ3n) is 4.65. The number of hydrogen-bond donors (Lipinski definition) is 4. The third kappa shape index (κ3) is 7.50. The van der Waals surface area contributed by atoms with Gasteiger partial charge in [-0.2, -0.15) is 13.2 Å². The Kier molecular flexibility index (Phi) is 9.63. The van der Waals surface area contributed by atoms with Gasteiger partial charge in [-0.25, -0.2) is 19.9 Å². The molecule has 3 aromatic heterocycles. The van der Waals surface area contributed by atoms with Crippen molar-refractivity contribution < 1.29 is 28.2 Å². The van der Waals surface area contributed by atoms with Crippen LogP contribution in [0.4, 0.5) is 19.0 Å². The summed E-state index contributed by atoms with van der Waals surface area (Å²) in [7, 11) is 0. The van der Waals surface area contributed by atoms with E-state index in [2.05, 4.69) is 42.4 Å². The van der Waals surface area contributed by atoms with E-state index < -0.39 is 34.9 Å². The zero-order valence-corrected chi connectivity index (χ0v) is 21.3. The fraction of sp³-hybridized carbons (Fsp3) is 0.318. The van der Waals surface area contributed by atoms with Crippen molar-refractivity contribution in [2.24, 2.45) is 0 Å². The van der Waals surface area contributed by atoms with E-state index in [-0.39, 0.29) is 33.7 Å². The molecule has 0 bridgehead atoms. The molecule has 2 unspecified atom stereocenters. The number of hydrogen-bond acceptors (Lipinski definition) is 9. The standard InChI is InChI=1S/C22H19Cl2F3N6O3S/c1-11(32-20(36)18-17(24)14(30-10-31-18)5-3-2-4-6-34)21-29-9-15(37-21)19(35)33-16-7-12(22(25,26)27)13(23)8-28-16/h7-11,19,34-35H,2,4,6H2,1H3,(H,28,33)(H,32,36). The Labute approximate surface area is 223 Å². The lowest BCUT2D eigenvalue weighted by atomic mass is 10.2. The molecule has 0 saturated heterocycles. The van der Waals surface area contributed by atoms with Crippen LogP contribution in [0.2, 0.25) is 10.0 Å². The number of halogens is 5. The van der Waals surface area contributed by atoms with Crippen LogP contribution in [0.3, 0.4) is 0 Å². The number of aromatic nitrogens is 4. The zero-order chi connectivity index (χ0) is 27.2. The molecule has 15 heteroatoms. The molecule has 0 aromatic carbocycles. The van der Waals surface area contributed by atoms with Crippen LogP contribution in [-0.4, -0.2) is 42.7 Å². The summed E-state index contributed by atoms with van der Waals surface area (Å²) in [5.74, 6) is 4.68. The predicted molar refractivity (Wildman–Crippen MR) is 131 cm³/mol. The van der Waals surface area contributed by atoms with Gasteiger partial charge >= 0.3 is 6.18 Å². The first-order chi connectivity index (χ1) is 17.5. The normalized spacial score (nSPS) is 12.9. The van der Waals surface area contributed by atoms with Gasteiger partial charge < -0.3 is 20.8 Å². The molecule has 1 amide bonds. The summed E-state index contributed by atoms with van der Waals surface area (Å²) in [5.41, 5.74) is -1.02. The summed E-state index contributed by atoms with van der Waals surface area (Å²) >= 11 is 12.8. The minimum Gasteiger partial charge on any atom is -0.396 e. The molecule has 0 aliphatic heterocycles. The maximum Gasteiger partial charge on any atom is 0.418 e. The Bertz CT molecular complexity index is 1330. The van der Waals surface area contributed by atoms with Crippen LogP contribution >= 0.6 is 34.5 Å². The van der Waals surface area contributed by atoms with Gasteiger partial charge in [-0.1, -0.05) is 29.1 Å². The third-order valence-corrected chi connectivity index (χ3v) is 6.54. The van der Waals surface area contributed by atoms with Crippen LogP contribution in [0.25, 0.3) is 0 Å². The Morgan fingerprint density at radius 3 is 2.68 bits per heavy atom. The Hall–Kier alpha value is -3.02. The lowest BCUT2D eigenvalue weighted by Crippen LogP contribution is -2.28. The van der Waals surface area contributed by atoms with Crippen molar-refractivity contribution in [1.29, 1.82) is 0 Å². The summed E-state index contributed by atoms with van der Waals surface area (Å²) in [6.07, 6.45) is -1.89. The number of aliphatic hydroxyl groups excluding tert-OH is 2. The lowest BCUT2D eigenvalue weighted by molar-refractivity contribution is -0.137. The molecule has 0 radical (unpaired) electrons. The maximum atomic E-state index is 13.1. The first kappa shape index (κ1) is 28.5. The lowest BCUT2D eigenvalue weighted by Gasteiger charge is -2.14. The number of alkyl halides is 3. The second-order valence-corrected chi connectivity index (χ2v) is 9.28. The van der Waals surface area contributed by atoms with Crippen molar-refractivity contribution in [1.82, 2.24) is 25.3 Å². The molecule has 0 saturated carbocycles. The summed E-state index contributed by atoms with van der Waals surface area (Å²) in [4.78, 5) is 28.8. The highest BCUT2D eigenvalue weighted by Crippen LogP contribution is 2.36. The van der Waals surface area contributed by atoms with Gasteiger partial charge in [-0.3, -0.25) is 4.79 Å². The van der Waals surface area contributed by atoms with Gasteiger partial charge in [0.25, 0.3) is 5.91 Å². The molecule has 9 nitrogen and oxygen atoms in total. The number of carbonyl (C=O) groups excluding carboxylic acids is 1. The summed E-state index contributed by atoms with van der Waals surface area (Å²) in [6, 6.07) is 0.0571. The van der Waals surface area contributed by atoms with Gasteiger partial charge in [0.2, 0.25) is 0 Å². The number of pyridine rings is 1. The number of unbranched alkanes of at least 4 members (excludes halogenated alkanes) is 1. The van der Waals surface area contributed by atoms with E-state index >= 15 is 0 Å². The maximum absolute atomic E-state index is 13.1. The van der Waals surface area contributed by atoms with Gasteiger partial charge in [0.15, 0.2) is 11.9 Å². The molecule has 0 aliphatic rings. The minimum atomic E-state index is -4.69. The van der Waals surface area contributed by atoms with Crippen LogP contribution in [0.1, 0.15) is 63.7 Å². The number of rotatable bonds is 8. The molecule has 37 heavy (non-hydrogen) atoms. The van der Waals surface area contributed by atoms with Gasteiger partial charge in [0.1, 0.15) is 27.9 Å². The topological polar surface area (TPSA) is 133 Å². The first-order valence-corrected chi connectivity index (χ1v) is 12.1. The van der Waals surface area contributed by atoms with Crippen LogP contribution in [0.5, 0.6) is 0 Å². The number of carbonyl (C=O) groups is 1. The molecular weight excluding hydrogens is 556 g/mol. The largest absolute Gasteiger partial charge is 0.418 e. The number of amides is 1. The molecule has 196 valence electrons. The molecule has 3 heterocycles. The number of anilines is 1. The highest BCUT2D eigenvalue weighted by atomic mass is 35.5. The predicted octanol–water partition coefficient (Wildman–Crippen LogP) is 4.37. The number of thiazole rings is 1. The average molecular weight is 575 g/mol. The van der Waals surface area contributed by atoms with E-state index in [9.17, 15) is 23.1 Å². The monoisotopic (exact) mass is 574 g/mol. The first-order valence-electron chi connectivity index (χ1n) is 10.5. The smallest absolute Gasteiger partial charge is 0.396 e. The molecule has 2 atom stereocenters. The summed E-state index contributed by atoms with van der Waals surface area (Å²) in [6.45, 7) is 1.64. The Balaban J connectivity index is 1.68. The van der Waals surface area contributed by atoms with E-state index in [0.29, 0.717) is 23.9 Å². The van der Waals surface area contributed by atoms with Gasteiger partial charge in [0.05, 0.1) is 21.5 Å². The van der Waals surface area contributed by atoms with E-state index in [1.165, 1.54) is 6.20 Å². The fourth-order valence-corrected chi connectivity index (χ4v) is 4.13. The van der Waals surface area contributed by atoms with Crippen molar-refractivity contribution in [3.8, 4) is 11.8 Å². The van der Waals surface area contributed by atoms with Gasteiger partial charge in [-0.05, 0) is 25.3 Å². The number of aliphatic hydroxyl groups is 2. The van der Waals surface area contributed by atoms with Crippen LogP contribution in [0, 0.1) is 11.8 Å². The second kappa shape index (κ2) is 12.5. The van der Waals surface area contributed by atoms with Crippen LogP contribution in [-0.2, 0) is 6.18 Å². The Morgan fingerprint density at radius 2 is 1.97 bits per heavy atom. The second-order valence-electron chi connectivity index (χ2n) is 7.40. The molecule has 3 rings (SSSR count). The average Bonchev–Trinajstić information content (AvgIpc) is 3.34. The van der Waals surface area contributed by atoms with Crippen molar-refractivity contribution in [3.05, 3.63) is 61.7 Å². The summed E-state index contributed by atoms with van der Waals surface area (Å²) < 4.78 is 39.2. The molecule has 4 N–H and O–H groups in total. The molecule has 3 aromatic rings. The molecule has 0 fully saturated rings. The molecule has 0 spiro atoms. The van der Waals surface area contributed by atoms with E-state index in [1.807, 2.05) is 0 Å². The highest BCUT2D eigenvalue weighted by molar-refractivity contribution is 7.11. The van der Waals surface area contributed by atoms with E-state index in [4.69, 9.17) is 28.3 Å². The Morgan fingerprint density at radius 1 is 1.22 bits per heavy atom. The molecular formula is C22H19Cl2F3N6O3S. The number of nitrogens with zero attached hydrogens (tertiary/aromatic N) is 4. The van der Waals surface area contributed by atoms with Crippen LogP contribution in [0.15, 0.2) is 24.8 Å². The summed E-state index contributed by atoms with van der Waals surface area (Å²) in [5, 5.41) is 24.2. The van der Waals surface area contributed by atoms with Crippen molar-refractivity contribution in [2.75, 3.05) is 11.9 Å². The zero-order valence-electron chi connectivity index (χ0n) is 19.0.